The summed E-state index contributed by atoms with van der Waals surface area (Å²) in [5, 5.41) is 5.29. The van der Waals surface area contributed by atoms with Crippen LogP contribution in [0.4, 0.5) is 11.4 Å². The summed E-state index contributed by atoms with van der Waals surface area (Å²) in [7, 11) is 1.42. The zero-order chi connectivity index (χ0) is 13.5. The van der Waals surface area contributed by atoms with Gasteiger partial charge >= 0.3 is 0 Å². The van der Waals surface area contributed by atoms with Crippen LogP contribution < -0.4 is 16.4 Å². The summed E-state index contributed by atoms with van der Waals surface area (Å²) in [6, 6.07) is 6.83. The molecule has 1 aromatic carbocycles. The molecule has 6 nitrogen and oxygen atoms in total. The molecule has 0 aromatic heterocycles. The van der Waals surface area contributed by atoms with Gasteiger partial charge in [-0.25, -0.2) is 0 Å². The van der Waals surface area contributed by atoms with Crippen molar-refractivity contribution >= 4 is 35.6 Å². The highest BCUT2D eigenvalue weighted by atomic mass is 35.5. The summed E-state index contributed by atoms with van der Waals surface area (Å²) in [5.41, 5.74) is 6.57. The molecule has 0 fully saturated rings. The van der Waals surface area contributed by atoms with Gasteiger partial charge in [0.25, 0.3) is 5.91 Å². The van der Waals surface area contributed by atoms with Crippen LogP contribution in [0, 0.1) is 0 Å². The number of carbonyl (C=O) groups excluding carboxylic acids is 2. The lowest BCUT2D eigenvalue weighted by molar-refractivity contribution is -0.125. The fourth-order valence-corrected chi connectivity index (χ4v) is 1.41. The maximum atomic E-state index is 11.7. The van der Waals surface area contributed by atoms with Gasteiger partial charge in [-0.3, -0.25) is 9.59 Å². The SMILES string of the molecule is COC(CN)C(=O)Nc1cccc(NC(C)=O)c1.Cl. The number of rotatable bonds is 5. The van der Waals surface area contributed by atoms with Crippen molar-refractivity contribution in [1.82, 2.24) is 0 Å². The van der Waals surface area contributed by atoms with Crippen molar-refractivity contribution in [2.45, 2.75) is 13.0 Å². The number of nitrogens with one attached hydrogen (secondary N) is 2. The molecule has 1 unspecified atom stereocenters. The first-order chi connectivity index (χ1) is 8.56. The molecule has 0 spiro atoms. The van der Waals surface area contributed by atoms with E-state index in [1.807, 2.05) is 0 Å². The zero-order valence-electron chi connectivity index (χ0n) is 10.8. The second kappa shape index (κ2) is 8.47. The molecule has 19 heavy (non-hydrogen) atoms. The van der Waals surface area contributed by atoms with E-state index in [2.05, 4.69) is 10.6 Å². The number of benzene rings is 1. The number of ether oxygens (including phenoxy) is 1. The Morgan fingerprint density at radius 2 is 1.89 bits per heavy atom. The van der Waals surface area contributed by atoms with Gasteiger partial charge in [-0.2, -0.15) is 0 Å². The fraction of sp³-hybridized carbons (Fsp3) is 0.333. The summed E-state index contributed by atoms with van der Waals surface area (Å²) >= 11 is 0. The van der Waals surface area contributed by atoms with Crippen LogP contribution >= 0.6 is 12.4 Å². The molecule has 0 radical (unpaired) electrons. The van der Waals surface area contributed by atoms with E-state index in [9.17, 15) is 9.59 Å². The zero-order valence-corrected chi connectivity index (χ0v) is 11.6. The lowest BCUT2D eigenvalue weighted by Crippen LogP contribution is -2.35. The van der Waals surface area contributed by atoms with Gasteiger partial charge in [-0.15, -0.1) is 12.4 Å². The van der Waals surface area contributed by atoms with Crippen LogP contribution in [0.1, 0.15) is 6.92 Å². The molecule has 1 atom stereocenters. The summed E-state index contributed by atoms with van der Waals surface area (Å²) < 4.78 is 4.92. The monoisotopic (exact) mass is 287 g/mol. The highest BCUT2D eigenvalue weighted by Gasteiger charge is 2.15. The Morgan fingerprint density at radius 1 is 1.32 bits per heavy atom. The van der Waals surface area contributed by atoms with Crippen molar-refractivity contribution in [3.63, 3.8) is 0 Å². The molecule has 7 heteroatoms. The predicted molar refractivity (Wildman–Crippen MR) is 76.5 cm³/mol. The van der Waals surface area contributed by atoms with E-state index in [1.54, 1.807) is 24.3 Å². The van der Waals surface area contributed by atoms with Crippen LogP contribution in [0.5, 0.6) is 0 Å². The molecular weight excluding hydrogens is 270 g/mol. The maximum absolute atomic E-state index is 11.7. The standard InChI is InChI=1S/C12H17N3O3.ClH/c1-8(16)14-9-4-3-5-10(6-9)15-12(17)11(7-13)18-2;/h3-6,11H,7,13H2,1-2H3,(H,14,16)(H,15,17);1H. The van der Waals surface area contributed by atoms with Crippen molar-refractivity contribution in [3.8, 4) is 0 Å². The Balaban J connectivity index is 0.00000324. The first-order valence-corrected chi connectivity index (χ1v) is 5.48. The van der Waals surface area contributed by atoms with E-state index < -0.39 is 6.10 Å². The summed E-state index contributed by atoms with van der Waals surface area (Å²) in [4.78, 5) is 22.6. The Morgan fingerprint density at radius 3 is 2.37 bits per heavy atom. The number of carbonyl (C=O) groups is 2. The summed E-state index contributed by atoms with van der Waals surface area (Å²) in [6.45, 7) is 1.52. The van der Waals surface area contributed by atoms with E-state index in [0.29, 0.717) is 11.4 Å². The molecule has 0 saturated heterocycles. The van der Waals surface area contributed by atoms with Gasteiger partial charge < -0.3 is 21.1 Å². The highest BCUT2D eigenvalue weighted by Crippen LogP contribution is 2.15. The van der Waals surface area contributed by atoms with Crippen LogP contribution in [0.25, 0.3) is 0 Å². The van der Waals surface area contributed by atoms with Gasteiger partial charge in [0.1, 0.15) is 6.10 Å². The number of methoxy groups -OCH3 is 1. The van der Waals surface area contributed by atoms with Crippen LogP contribution in [0.2, 0.25) is 0 Å². The average Bonchev–Trinajstić information content (AvgIpc) is 2.30. The van der Waals surface area contributed by atoms with Gasteiger partial charge in [0.2, 0.25) is 5.91 Å². The number of hydrogen-bond acceptors (Lipinski definition) is 4. The number of amides is 2. The van der Waals surface area contributed by atoms with E-state index in [1.165, 1.54) is 14.0 Å². The average molecular weight is 288 g/mol. The third-order valence-corrected chi connectivity index (χ3v) is 2.24. The molecule has 0 heterocycles. The number of nitrogens with two attached hydrogens (primary N) is 1. The number of hydrogen-bond donors (Lipinski definition) is 3. The van der Waals surface area contributed by atoms with Crippen molar-refractivity contribution < 1.29 is 14.3 Å². The van der Waals surface area contributed by atoms with Gasteiger partial charge in [0, 0.05) is 32.0 Å². The molecular formula is C12H18ClN3O3. The molecule has 0 aliphatic carbocycles. The molecule has 0 saturated carbocycles. The van der Waals surface area contributed by atoms with Crippen molar-refractivity contribution in [1.29, 1.82) is 0 Å². The second-order valence-electron chi connectivity index (χ2n) is 3.71. The molecule has 4 N–H and O–H groups in total. The van der Waals surface area contributed by atoms with E-state index in [0.717, 1.165) is 0 Å². The maximum Gasteiger partial charge on any atom is 0.254 e. The lowest BCUT2D eigenvalue weighted by atomic mass is 10.2. The minimum atomic E-state index is -0.686. The third-order valence-electron chi connectivity index (χ3n) is 2.24. The van der Waals surface area contributed by atoms with Crippen LogP contribution in [0.3, 0.4) is 0 Å². The van der Waals surface area contributed by atoms with Crippen LogP contribution in [0.15, 0.2) is 24.3 Å². The molecule has 0 bridgehead atoms. The normalized spacial score (nSPS) is 11.1. The first kappa shape index (κ1) is 17.4. The van der Waals surface area contributed by atoms with Gasteiger partial charge in [0.05, 0.1) is 0 Å². The van der Waals surface area contributed by atoms with Gasteiger partial charge in [0.15, 0.2) is 0 Å². The van der Waals surface area contributed by atoms with Crippen molar-refractivity contribution in [3.05, 3.63) is 24.3 Å². The Kier molecular flexibility index (Phi) is 7.74. The largest absolute Gasteiger partial charge is 0.370 e. The molecule has 1 rings (SSSR count). The van der Waals surface area contributed by atoms with Crippen LogP contribution in [-0.4, -0.2) is 31.6 Å². The predicted octanol–water partition coefficient (Wildman–Crippen LogP) is 0.979. The lowest BCUT2D eigenvalue weighted by Gasteiger charge is -2.13. The quantitative estimate of drug-likeness (QED) is 0.752. The van der Waals surface area contributed by atoms with E-state index >= 15 is 0 Å². The minimum Gasteiger partial charge on any atom is -0.370 e. The molecule has 1 aromatic rings. The van der Waals surface area contributed by atoms with Crippen LogP contribution in [-0.2, 0) is 14.3 Å². The van der Waals surface area contributed by atoms with Gasteiger partial charge in [-0.1, -0.05) is 6.07 Å². The van der Waals surface area contributed by atoms with Crippen molar-refractivity contribution in [2.24, 2.45) is 5.73 Å². The highest BCUT2D eigenvalue weighted by molar-refractivity contribution is 5.95. The first-order valence-electron chi connectivity index (χ1n) is 5.48. The Hall–Kier alpha value is -1.63. The second-order valence-corrected chi connectivity index (χ2v) is 3.71. The van der Waals surface area contributed by atoms with E-state index in [-0.39, 0.29) is 30.8 Å². The minimum absolute atomic E-state index is 0. The summed E-state index contributed by atoms with van der Waals surface area (Å²) in [6.07, 6.45) is -0.686. The Bertz CT molecular complexity index is 436. The molecule has 0 aliphatic rings. The smallest absolute Gasteiger partial charge is 0.254 e. The fourth-order valence-electron chi connectivity index (χ4n) is 1.41. The topological polar surface area (TPSA) is 93.4 Å². The molecule has 106 valence electrons. The third kappa shape index (κ3) is 5.69. The van der Waals surface area contributed by atoms with Crippen molar-refractivity contribution in [2.75, 3.05) is 24.3 Å². The number of halogens is 1. The van der Waals surface area contributed by atoms with Gasteiger partial charge in [-0.05, 0) is 18.2 Å². The molecule has 0 aliphatic heterocycles. The number of anilines is 2. The Labute approximate surface area is 118 Å². The summed E-state index contributed by atoms with van der Waals surface area (Å²) in [5.74, 6) is -0.491. The molecule has 2 amide bonds. The van der Waals surface area contributed by atoms with E-state index in [4.69, 9.17) is 10.5 Å².